The lowest BCUT2D eigenvalue weighted by Gasteiger charge is -2.52. The number of aryl methyl sites for hydroxylation is 1. The quantitative estimate of drug-likeness (QED) is 0.933. The van der Waals surface area contributed by atoms with Crippen molar-refractivity contribution in [2.24, 2.45) is 5.41 Å². The van der Waals surface area contributed by atoms with E-state index in [1.165, 1.54) is 5.56 Å². The molecule has 1 aliphatic rings. The number of rotatable bonds is 3. The Morgan fingerprint density at radius 1 is 1.45 bits per heavy atom. The number of hydrogen-bond donors (Lipinski definition) is 1. The molecule has 108 valence electrons. The molecule has 4 nitrogen and oxygen atoms in total. The zero-order valence-electron chi connectivity index (χ0n) is 12.7. The number of imidazole rings is 1. The molecule has 1 fully saturated rings. The summed E-state index contributed by atoms with van der Waals surface area (Å²) in [7, 11) is 0. The van der Waals surface area contributed by atoms with Crippen molar-refractivity contribution >= 4 is 17.0 Å². The van der Waals surface area contributed by atoms with Gasteiger partial charge in [-0.25, -0.2) is 4.98 Å². The van der Waals surface area contributed by atoms with Gasteiger partial charge in [0.15, 0.2) is 0 Å². The molecule has 0 spiro atoms. The number of nitrogens with two attached hydrogens (primary N) is 1. The summed E-state index contributed by atoms with van der Waals surface area (Å²) in [5.74, 6) is 0.613. The minimum Gasteiger partial charge on any atom is -0.378 e. The van der Waals surface area contributed by atoms with Crippen molar-refractivity contribution in [1.82, 2.24) is 9.55 Å². The maximum absolute atomic E-state index is 6.18. The summed E-state index contributed by atoms with van der Waals surface area (Å²) >= 11 is 0. The van der Waals surface area contributed by atoms with E-state index in [0.29, 0.717) is 18.1 Å². The van der Waals surface area contributed by atoms with Gasteiger partial charge in [0.05, 0.1) is 17.1 Å². The van der Waals surface area contributed by atoms with Gasteiger partial charge in [-0.05, 0) is 31.9 Å². The molecule has 0 aliphatic heterocycles. The van der Waals surface area contributed by atoms with Gasteiger partial charge in [-0.1, -0.05) is 26.0 Å². The first-order valence-corrected chi connectivity index (χ1v) is 7.31. The van der Waals surface area contributed by atoms with Crippen LogP contribution in [0.2, 0.25) is 0 Å². The molecule has 0 radical (unpaired) electrons. The Morgan fingerprint density at radius 2 is 2.20 bits per heavy atom. The first-order chi connectivity index (χ1) is 9.46. The van der Waals surface area contributed by atoms with Crippen LogP contribution in [0.15, 0.2) is 18.2 Å². The summed E-state index contributed by atoms with van der Waals surface area (Å²) in [6.45, 7) is 9.40. The summed E-state index contributed by atoms with van der Waals surface area (Å²) in [5, 5.41) is 0. The van der Waals surface area contributed by atoms with E-state index in [4.69, 9.17) is 10.5 Å². The van der Waals surface area contributed by atoms with Crippen molar-refractivity contribution in [3.63, 3.8) is 0 Å². The van der Waals surface area contributed by atoms with Gasteiger partial charge < -0.3 is 15.0 Å². The monoisotopic (exact) mass is 273 g/mol. The minimum absolute atomic E-state index is 0.0848. The maximum Gasteiger partial charge on any atom is 0.201 e. The van der Waals surface area contributed by atoms with Crippen LogP contribution in [-0.2, 0) is 4.74 Å². The molecular weight excluding hydrogens is 250 g/mol. The van der Waals surface area contributed by atoms with Crippen LogP contribution in [0.3, 0.4) is 0 Å². The highest BCUT2D eigenvalue weighted by Gasteiger charge is 2.50. The first-order valence-electron chi connectivity index (χ1n) is 7.31. The number of para-hydroxylation sites is 1. The predicted molar refractivity (Wildman–Crippen MR) is 81.7 cm³/mol. The molecule has 0 bridgehead atoms. The molecule has 1 aliphatic carbocycles. The third-order valence-electron chi connectivity index (χ3n) is 4.75. The number of anilines is 1. The lowest BCUT2D eigenvalue weighted by molar-refractivity contribution is -0.126. The topological polar surface area (TPSA) is 53.1 Å². The second kappa shape index (κ2) is 4.48. The highest BCUT2D eigenvalue weighted by Crippen LogP contribution is 2.52. The van der Waals surface area contributed by atoms with Crippen LogP contribution < -0.4 is 5.73 Å². The molecule has 2 unspecified atom stereocenters. The van der Waals surface area contributed by atoms with E-state index in [2.05, 4.69) is 48.5 Å². The molecule has 1 aromatic carbocycles. The third-order valence-corrected chi connectivity index (χ3v) is 4.75. The van der Waals surface area contributed by atoms with Crippen LogP contribution in [0.5, 0.6) is 0 Å². The molecule has 3 rings (SSSR count). The van der Waals surface area contributed by atoms with Crippen molar-refractivity contribution in [2.75, 3.05) is 12.3 Å². The third kappa shape index (κ3) is 1.74. The highest BCUT2D eigenvalue weighted by molar-refractivity contribution is 5.81. The predicted octanol–water partition coefficient (Wildman–Crippen LogP) is 3.30. The van der Waals surface area contributed by atoms with Crippen molar-refractivity contribution in [1.29, 1.82) is 0 Å². The molecule has 0 saturated heterocycles. The summed E-state index contributed by atoms with van der Waals surface area (Å²) in [5.41, 5.74) is 9.59. The largest absolute Gasteiger partial charge is 0.378 e. The number of ether oxygens (including phenoxy) is 1. The Kier molecular flexibility index (Phi) is 3.01. The average Bonchev–Trinajstić information content (AvgIpc) is 2.72. The zero-order valence-corrected chi connectivity index (χ0v) is 12.7. The van der Waals surface area contributed by atoms with Crippen LogP contribution in [0.4, 0.5) is 5.95 Å². The molecule has 4 heteroatoms. The zero-order chi connectivity index (χ0) is 14.5. The second-order valence-corrected chi connectivity index (χ2v) is 6.30. The number of hydrogen-bond acceptors (Lipinski definition) is 3. The van der Waals surface area contributed by atoms with Gasteiger partial charge in [0.2, 0.25) is 5.95 Å². The van der Waals surface area contributed by atoms with E-state index in [-0.39, 0.29) is 5.41 Å². The van der Waals surface area contributed by atoms with E-state index in [0.717, 1.165) is 24.1 Å². The van der Waals surface area contributed by atoms with Gasteiger partial charge in [-0.2, -0.15) is 0 Å². The summed E-state index contributed by atoms with van der Waals surface area (Å²) in [6, 6.07) is 6.61. The van der Waals surface area contributed by atoms with E-state index >= 15 is 0 Å². The molecule has 20 heavy (non-hydrogen) atoms. The lowest BCUT2D eigenvalue weighted by atomic mass is 9.64. The van der Waals surface area contributed by atoms with Crippen molar-refractivity contribution in [2.45, 2.75) is 46.3 Å². The number of nitrogens with zero attached hydrogens (tertiary/aromatic N) is 2. The van der Waals surface area contributed by atoms with Gasteiger partial charge in [-0.15, -0.1) is 0 Å². The van der Waals surface area contributed by atoms with E-state index in [1.807, 2.05) is 6.92 Å². The Morgan fingerprint density at radius 3 is 2.85 bits per heavy atom. The van der Waals surface area contributed by atoms with Crippen molar-refractivity contribution in [3.8, 4) is 0 Å². The van der Waals surface area contributed by atoms with E-state index in [1.54, 1.807) is 0 Å². The number of nitrogen functional groups attached to an aromatic ring is 1. The maximum atomic E-state index is 6.18. The first kappa shape index (κ1) is 13.4. The van der Waals surface area contributed by atoms with Gasteiger partial charge in [0, 0.05) is 18.1 Å². The van der Waals surface area contributed by atoms with Gasteiger partial charge in [-0.3, -0.25) is 0 Å². The Bertz CT molecular complexity index is 644. The fourth-order valence-electron chi connectivity index (χ4n) is 3.39. The van der Waals surface area contributed by atoms with Crippen LogP contribution in [0, 0.1) is 12.3 Å². The Hall–Kier alpha value is -1.55. The Labute approximate surface area is 119 Å². The SMILES string of the molecule is CCOC1CC(n2c(N)nc3c(C)cccc32)C1(C)C. The summed E-state index contributed by atoms with van der Waals surface area (Å²) in [4.78, 5) is 4.55. The molecule has 2 N–H and O–H groups in total. The van der Waals surface area contributed by atoms with Gasteiger partial charge in [0.25, 0.3) is 0 Å². The number of benzene rings is 1. The van der Waals surface area contributed by atoms with Crippen molar-refractivity contribution in [3.05, 3.63) is 23.8 Å². The van der Waals surface area contributed by atoms with Crippen LogP contribution in [0.1, 0.15) is 38.8 Å². The fraction of sp³-hybridized carbons (Fsp3) is 0.562. The van der Waals surface area contributed by atoms with E-state index in [9.17, 15) is 0 Å². The van der Waals surface area contributed by atoms with Gasteiger partial charge >= 0.3 is 0 Å². The summed E-state index contributed by atoms with van der Waals surface area (Å²) < 4.78 is 8.01. The number of aromatic nitrogens is 2. The smallest absolute Gasteiger partial charge is 0.201 e. The van der Waals surface area contributed by atoms with Gasteiger partial charge in [0.1, 0.15) is 0 Å². The summed E-state index contributed by atoms with van der Waals surface area (Å²) in [6.07, 6.45) is 1.31. The molecule has 2 aromatic rings. The molecule has 0 amide bonds. The van der Waals surface area contributed by atoms with E-state index < -0.39 is 0 Å². The normalized spacial score (nSPS) is 24.8. The van der Waals surface area contributed by atoms with Crippen LogP contribution in [0.25, 0.3) is 11.0 Å². The average molecular weight is 273 g/mol. The fourth-order valence-corrected chi connectivity index (χ4v) is 3.39. The molecular formula is C16H23N3O. The van der Waals surface area contributed by atoms with Crippen LogP contribution >= 0.6 is 0 Å². The van der Waals surface area contributed by atoms with Crippen LogP contribution in [-0.4, -0.2) is 22.3 Å². The molecule has 1 heterocycles. The standard InChI is InChI=1S/C16H23N3O/c1-5-20-13-9-12(16(13,3)4)19-11-8-6-7-10(2)14(11)18-15(19)17/h6-8,12-13H,5,9H2,1-4H3,(H2,17,18). The second-order valence-electron chi connectivity index (χ2n) is 6.30. The molecule has 2 atom stereocenters. The van der Waals surface area contributed by atoms with Crippen molar-refractivity contribution < 1.29 is 4.74 Å². The number of fused-ring (bicyclic) bond motifs is 1. The molecule has 1 aromatic heterocycles. The molecule has 1 saturated carbocycles. The lowest BCUT2D eigenvalue weighted by Crippen LogP contribution is -2.51. The highest BCUT2D eigenvalue weighted by atomic mass is 16.5. The Balaban J connectivity index is 2.04. The minimum atomic E-state index is 0.0848.